The van der Waals surface area contributed by atoms with Gasteiger partial charge in [0.05, 0.1) is 11.3 Å². The van der Waals surface area contributed by atoms with Gasteiger partial charge < -0.3 is 0 Å². The summed E-state index contributed by atoms with van der Waals surface area (Å²) in [6.45, 7) is 7.47. The Hall–Kier alpha value is -1.24. The Kier molecular flexibility index (Phi) is 4.03. The normalized spacial score (nSPS) is 11.6. The Balaban J connectivity index is 2.15. The van der Waals surface area contributed by atoms with E-state index >= 15 is 0 Å². The Morgan fingerprint density at radius 3 is 2.74 bits per heavy atom. The molecule has 1 amide bonds. The maximum Gasteiger partial charge on any atom is 0.286 e. The summed E-state index contributed by atoms with van der Waals surface area (Å²) in [5.74, 6) is -0.244. The molecule has 0 unspecified atom stereocenters. The van der Waals surface area contributed by atoms with E-state index in [-0.39, 0.29) is 5.91 Å². The standard InChI is InChI=1S/C13H16N2O2S2/c1-8-10(11(16)15-17-13(2,3)4)19-12(14-8)9-5-6-18-7-9/h5-7H,1-4H3,(H,15,16). The lowest BCUT2D eigenvalue weighted by Gasteiger charge is -2.18. The van der Waals surface area contributed by atoms with Crippen LogP contribution in [0.1, 0.15) is 36.1 Å². The average Bonchev–Trinajstić information content (AvgIpc) is 2.93. The number of thiophene rings is 1. The molecule has 1 N–H and O–H groups in total. The minimum absolute atomic E-state index is 0.244. The molecule has 2 aromatic heterocycles. The number of thiazole rings is 1. The molecule has 2 aromatic rings. The summed E-state index contributed by atoms with van der Waals surface area (Å²) >= 11 is 2.99. The van der Waals surface area contributed by atoms with Crippen molar-refractivity contribution in [1.82, 2.24) is 10.5 Å². The van der Waals surface area contributed by atoms with E-state index in [1.807, 2.05) is 44.5 Å². The van der Waals surface area contributed by atoms with Crippen LogP contribution < -0.4 is 5.48 Å². The molecule has 0 aromatic carbocycles. The molecule has 0 aliphatic heterocycles. The van der Waals surface area contributed by atoms with Gasteiger partial charge in [0, 0.05) is 10.9 Å². The Labute approximate surface area is 120 Å². The van der Waals surface area contributed by atoms with E-state index in [9.17, 15) is 4.79 Å². The Morgan fingerprint density at radius 1 is 1.42 bits per heavy atom. The molecule has 0 spiro atoms. The number of hydrogen-bond acceptors (Lipinski definition) is 5. The van der Waals surface area contributed by atoms with Gasteiger partial charge >= 0.3 is 0 Å². The Morgan fingerprint density at radius 2 is 2.16 bits per heavy atom. The van der Waals surface area contributed by atoms with Gasteiger partial charge in [0.15, 0.2) is 0 Å². The number of carbonyl (C=O) groups excluding carboxylic acids is 1. The third-order valence-electron chi connectivity index (χ3n) is 2.22. The van der Waals surface area contributed by atoms with Crippen molar-refractivity contribution in [3.63, 3.8) is 0 Å². The zero-order valence-electron chi connectivity index (χ0n) is 11.3. The quantitative estimate of drug-likeness (QED) is 0.880. The molecule has 0 radical (unpaired) electrons. The second-order valence-electron chi connectivity index (χ2n) is 5.09. The monoisotopic (exact) mass is 296 g/mol. The summed E-state index contributed by atoms with van der Waals surface area (Å²) in [5, 5.41) is 4.87. The van der Waals surface area contributed by atoms with Crippen LogP contribution in [0.2, 0.25) is 0 Å². The van der Waals surface area contributed by atoms with Crippen LogP contribution in [0.25, 0.3) is 10.6 Å². The molecule has 0 saturated carbocycles. The van der Waals surface area contributed by atoms with Crippen molar-refractivity contribution in [1.29, 1.82) is 0 Å². The molecule has 4 nitrogen and oxygen atoms in total. The van der Waals surface area contributed by atoms with Crippen LogP contribution >= 0.6 is 22.7 Å². The topological polar surface area (TPSA) is 51.2 Å². The summed E-state index contributed by atoms with van der Waals surface area (Å²) in [6.07, 6.45) is 0. The van der Waals surface area contributed by atoms with E-state index in [2.05, 4.69) is 10.5 Å². The maximum atomic E-state index is 12.0. The van der Waals surface area contributed by atoms with Crippen LogP contribution in [0.4, 0.5) is 0 Å². The van der Waals surface area contributed by atoms with Crippen LogP contribution in [0, 0.1) is 6.92 Å². The van der Waals surface area contributed by atoms with Crippen molar-refractivity contribution in [3.05, 3.63) is 27.4 Å². The van der Waals surface area contributed by atoms with Gasteiger partial charge in [-0.1, -0.05) is 0 Å². The highest BCUT2D eigenvalue weighted by atomic mass is 32.1. The largest absolute Gasteiger partial charge is 0.286 e. The highest BCUT2D eigenvalue weighted by molar-refractivity contribution is 7.17. The molecule has 102 valence electrons. The average molecular weight is 296 g/mol. The first-order chi connectivity index (χ1) is 8.87. The first kappa shape index (κ1) is 14.2. The van der Waals surface area contributed by atoms with Crippen LogP contribution in [0.15, 0.2) is 16.8 Å². The lowest BCUT2D eigenvalue weighted by molar-refractivity contribution is -0.0588. The summed E-state index contributed by atoms with van der Waals surface area (Å²) < 4.78 is 0. The molecule has 0 bridgehead atoms. The first-order valence-corrected chi connectivity index (χ1v) is 7.61. The van der Waals surface area contributed by atoms with Gasteiger partial charge in [-0.2, -0.15) is 11.3 Å². The fourth-order valence-electron chi connectivity index (χ4n) is 1.36. The van der Waals surface area contributed by atoms with Gasteiger partial charge in [0.1, 0.15) is 9.88 Å². The molecule has 6 heteroatoms. The van der Waals surface area contributed by atoms with Crippen molar-refractivity contribution in [3.8, 4) is 10.6 Å². The number of amides is 1. The van der Waals surface area contributed by atoms with Gasteiger partial charge in [-0.25, -0.2) is 10.5 Å². The van der Waals surface area contributed by atoms with Crippen LogP contribution in [-0.2, 0) is 4.84 Å². The molecule has 0 fully saturated rings. The fraction of sp³-hybridized carbons (Fsp3) is 0.385. The van der Waals surface area contributed by atoms with Gasteiger partial charge in [0.25, 0.3) is 5.91 Å². The number of carbonyl (C=O) groups is 1. The van der Waals surface area contributed by atoms with Crippen molar-refractivity contribution in [2.75, 3.05) is 0 Å². The van der Waals surface area contributed by atoms with E-state index in [1.54, 1.807) is 11.3 Å². The van der Waals surface area contributed by atoms with Crippen LogP contribution in [0.3, 0.4) is 0 Å². The van der Waals surface area contributed by atoms with E-state index in [0.29, 0.717) is 4.88 Å². The van der Waals surface area contributed by atoms with Crippen LogP contribution in [0.5, 0.6) is 0 Å². The van der Waals surface area contributed by atoms with Crippen LogP contribution in [-0.4, -0.2) is 16.5 Å². The van der Waals surface area contributed by atoms with Gasteiger partial charge in [-0.3, -0.25) is 9.63 Å². The van der Waals surface area contributed by atoms with E-state index < -0.39 is 5.60 Å². The third-order valence-corrected chi connectivity index (χ3v) is 4.11. The minimum Gasteiger partial charge on any atom is -0.268 e. The lowest BCUT2D eigenvalue weighted by Crippen LogP contribution is -2.33. The van der Waals surface area contributed by atoms with Gasteiger partial charge in [-0.05, 0) is 39.1 Å². The van der Waals surface area contributed by atoms with Crippen molar-refractivity contribution in [2.24, 2.45) is 0 Å². The predicted molar refractivity (Wildman–Crippen MR) is 78.5 cm³/mol. The van der Waals surface area contributed by atoms with Gasteiger partial charge in [0.2, 0.25) is 0 Å². The molecule has 2 heterocycles. The molecule has 0 aliphatic carbocycles. The zero-order valence-corrected chi connectivity index (χ0v) is 12.9. The van der Waals surface area contributed by atoms with E-state index in [1.165, 1.54) is 11.3 Å². The smallest absolute Gasteiger partial charge is 0.268 e. The first-order valence-electron chi connectivity index (χ1n) is 5.85. The Bertz CT molecular complexity index is 568. The molecular formula is C13H16N2O2S2. The molecular weight excluding hydrogens is 280 g/mol. The minimum atomic E-state index is -0.412. The number of rotatable bonds is 3. The van der Waals surface area contributed by atoms with Gasteiger partial charge in [-0.15, -0.1) is 11.3 Å². The lowest BCUT2D eigenvalue weighted by atomic mass is 10.2. The number of hydroxylamine groups is 1. The molecule has 0 aliphatic rings. The second-order valence-corrected chi connectivity index (χ2v) is 6.87. The van der Waals surface area contributed by atoms with E-state index in [4.69, 9.17) is 4.84 Å². The number of nitrogens with zero attached hydrogens (tertiary/aromatic N) is 1. The molecule has 2 rings (SSSR count). The van der Waals surface area contributed by atoms with Crippen molar-refractivity contribution >= 4 is 28.6 Å². The van der Waals surface area contributed by atoms with Crippen molar-refractivity contribution < 1.29 is 9.63 Å². The number of nitrogens with one attached hydrogen (secondary N) is 1. The number of hydrogen-bond donors (Lipinski definition) is 1. The van der Waals surface area contributed by atoms with E-state index in [0.717, 1.165) is 16.3 Å². The zero-order chi connectivity index (χ0) is 14.0. The number of aryl methyl sites for hydroxylation is 1. The molecule has 19 heavy (non-hydrogen) atoms. The number of aromatic nitrogens is 1. The second kappa shape index (κ2) is 5.40. The fourth-order valence-corrected chi connectivity index (χ4v) is 3.03. The summed E-state index contributed by atoms with van der Waals surface area (Å²) in [7, 11) is 0. The third kappa shape index (κ3) is 3.62. The summed E-state index contributed by atoms with van der Waals surface area (Å²) in [5.41, 5.74) is 3.83. The highest BCUT2D eigenvalue weighted by Crippen LogP contribution is 2.29. The molecule has 0 saturated heterocycles. The molecule has 0 atom stereocenters. The SMILES string of the molecule is Cc1nc(-c2ccsc2)sc1C(=O)NOC(C)(C)C. The predicted octanol–water partition coefficient (Wildman–Crippen LogP) is 3.64. The maximum absolute atomic E-state index is 12.0. The summed E-state index contributed by atoms with van der Waals surface area (Å²) in [6, 6.07) is 2.00. The summed E-state index contributed by atoms with van der Waals surface area (Å²) in [4.78, 5) is 22.3. The van der Waals surface area contributed by atoms with Crippen molar-refractivity contribution in [2.45, 2.75) is 33.3 Å². The highest BCUT2D eigenvalue weighted by Gasteiger charge is 2.19.